The Morgan fingerprint density at radius 3 is 2.88 bits per heavy atom. The molecule has 0 aromatic rings. The number of ether oxygens (including phenoxy) is 1. The molecular weight excluding hydrogens is 218 g/mol. The Kier molecular flexibility index (Phi) is 5.92. The molecule has 0 aromatic carbocycles. The van der Waals surface area contributed by atoms with Gasteiger partial charge < -0.3 is 9.84 Å². The maximum atomic E-state index is 11.2. The van der Waals surface area contributed by atoms with Crippen molar-refractivity contribution >= 4 is 5.97 Å². The standard InChI is InChI=1S/C13H25NO3/c1-3-4-9-17-10-8-14-7-5-6-13(2,11-14)12(15)16/h3-11H2,1-2H3,(H,15,16). The van der Waals surface area contributed by atoms with Crippen LogP contribution >= 0.6 is 0 Å². The van der Waals surface area contributed by atoms with Crippen molar-refractivity contribution in [3.8, 4) is 0 Å². The third-order valence-electron chi connectivity index (χ3n) is 3.49. The number of nitrogens with zero attached hydrogens (tertiary/aromatic N) is 1. The van der Waals surface area contributed by atoms with E-state index in [2.05, 4.69) is 11.8 Å². The first kappa shape index (κ1) is 14.5. The molecule has 1 rings (SSSR count). The van der Waals surface area contributed by atoms with Crippen LogP contribution in [0.15, 0.2) is 0 Å². The van der Waals surface area contributed by atoms with Gasteiger partial charge in [0.25, 0.3) is 0 Å². The number of rotatable bonds is 7. The molecule has 0 bridgehead atoms. The second kappa shape index (κ2) is 6.97. The van der Waals surface area contributed by atoms with Crippen LogP contribution in [0, 0.1) is 5.41 Å². The fraction of sp³-hybridized carbons (Fsp3) is 0.923. The van der Waals surface area contributed by atoms with E-state index in [0.717, 1.165) is 52.0 Å². The van der Waals surface area contributed by atoms with Crippen molar-refractivity contribution in [2.45, 2.75) is 39.5 Å². The quantitative estimate of drug-likeness (QED) is 0.695. The molecule has 1 saturated heterocycles. The number of piperidine rings is 1. The van der Waals surface area contributed by atoms with Crippen LogP contribution in [0.2, 0.25) is 0 Å². The second-order valence-electron chi connectivity index (χ2n) is 5.21. The lowest BCUT2D eigenvalue weighted by atomic mass is 9.82. The van der Waals surface area contributed by atoms with Gasteiger partial charge >= 0.3 is 5.97 Å². The van der Waals surface area contributed by atoms with E-state index in [1.54, 1.807) is 0 Å². The third-order valence-corrected chi connectivity index (χ3v) is 3.49. The van der Waals surface area contributed by atoms with Gasteiger partial charge in [0.1, 0.15) is 0 Å². The van der Waals surface area contributed by atoms with Gasteiger partial charge in [0.2, 0.25) is 0 Å². The average molecular weight is 243 g/mol. The number of carboxylic acids is 1. The summed E-state index contributed by atoms with van der Waals surface area (Å²) in [5.74, 6) is -0.672. The normalized spacial score (nSPS) is 26.0. The van der Waals surface area contributed by atoms with Gasteiger partial charge in [-0.15, -0.1) is 0 Å². The summed E-state index contributed by atoms with van der Waals surface area (Å²) in [7, 11) is 0. The summed E-state index contributed by atoms with van der Waals surface area (Å²) in [6, 6.07) is 0. The maximum Gasteiger partial charge on any atom is 0.310 e. The molecule has 1 aliphatic rings. The first-order chi connectivity index (χ1) is 8.08. The molecule has 0 radical (unpaired) electrons. The van der Waals surface area contributed by atoms with Gasteiger partial charge in [0.15, 0.2) is 0 Å². The summed E-state index contributed by atoms with van der Waals surface area (Å²) in [5, 5.41) is 9.20. The molecule has 4 nitrogen and oxygen atoms in total. The van der Waals surface area contributed by atoms with Crippen molar-refractivity contribution in [2.24, 2.45) is 5.41 Å². The van der Waals surface area contributed by atoms with Gasteiger partial charge in [-0.2, -0.15) is 0 Å². The van der Waals surface area contributed by atoms with Crippen LogP contribution in [0.4, 0.5) is 0 Å². The summed E-state index contributed by atoms with van der Waals surface area (Å²) in [6.07, 6.45) is 4.01. The van der Waals surface area contributed by atoms with Crippen LogP contribution in [-0.2, 0) is 9.53 Å². The Bertz CT molecular complexity index is 245. The number of hydrogen-bond donors (Lipinski definition) is 1. The van der Waals surface area contributed by atoms with E-state index in [-0.39, 0.29) is 0 Å². The minimum atomic E-state index is -0.672. The van der Waals surface area contributed by atoms with E-state index < -0.39 is 11.4 Å². The van der Waals surface area contributed by atoms with Crippen LogP contribution in [0.25, 0.3) is 0 Å². The van der Waals surface area contributed by atoms with Crippen LogP contribution in [-0.4, -0.2) is 48.8 Å². The van der Waals surface area contributed by atoms with Crippen molar-refractivity contribution in [2.75, 3.05) is 32.8 Å². The minimum Gasteiger partial charge on any atom is -0.481 e. The van der Waals surface area contributed by atoms with Gasteiger partial charge in [-0.3, -0.25) is 9.69 Å². The molecule has 1 heterocycles. The summed E-state index contributed by atoms with van der Waals surface area (Å²) in [6.45, 7) is 8.04. The second-order valence-corrected chi connectivity index (χ2v) is 5.21. The Balaban J connectivity index is 2.23. The Labute approximate surface area is 104 Å². The largest absolute Gasteiger partial charge is 0.481 e. The molecular formula is C13H25NO3. The SMILES string of the molecule is CCCCOCCN1CCCC(C)(C(=O)O)C1. The Morgan fingerprint density at radius 2 is 2.24 bits per heavy atom. The molecule has 0 aromatic heterocycles. The number of likely N-dealkylation sites (tertiary alicyclic amines) is 1. The highest BCUT2D eigenvalue weighted by atomic mass is 16.5. The molecule has 1 aliphatic heterocycles. The van der Waals surface area contributed by atoms with E-state index in [1.165, 1.54) is 0 Å². The predicted molar refractivity (Wildman–Crippen MR) is 67.1 cm³/mol. The van der Waals surface area contributed by atoms with Crippen molar-refractivity contribution in [1.82, 2.24) is 4.90 Å². The smallest absolute Gasteiger partial charge is 0.310 e. The van der Waals surface area contributed by atoms with Gasteiger partial charge in [-0.05, 0) is 32.7 Å². The fourth-order valence-corrected chi connectivity index (χ4v) is 2.25. The summed E-state index contributed by atoms with van der Waals surface area (Å²) in [5.41, 5.74) is -0.568. The third kappa shape index (κ3) is 4.64. The van der Waals surface area contributed by atoms with Crippen molar-refractivity contribution < 1.29 is 14.6 Å². The van der Waals surface area contributed by atoms with E-state index in [9.17, 15) is 9.90 Å². The van der Waals surface area contributed by atoms with Gasteiger partial charge in [0, 0.05) is 19.7 Å². The topological polar surface area (TPSA) is 49.8 Å². The number of aliphatic carboxylic acids is 1. The zero-order valence-electron chi connectivity index (χ0n) is 11.1. The molecule has 100 valence electrons. The maximum absolute atomic E-state index is 11.2. The molecule has 1 fully saturated rings. The number of hydrogen-bond acceptors (Lipinski definition) is 3. The van der Waals surface area contributed by atoms with Crippen LogP contribution in [0.5, 0.6) is 0 Å². The fourth-order valence-electron chi connectivity index (χ4n) is 2.25. The molecule has 0 saturated carbocycles. The highest BCUT2D eigenvalue weighted by molar-refractivity contribution is 5.74. The van der Waals surface area contributed by atoms with Gasteiger partial charge in [-0.1, -0.05) is 13.3 Å². The van der Waals surface area contributed by atoms with Gasteiger partial charge in [0.05, 0.1) is 12.0 Å². The highest BCUT2D eigenvalue weighted by Crippen LogP contribution is 2.29. The predicted octanol–water partition coefficient (Wildman–Crippen LogP) is 1.99. The van der Waals surface area contributed by atoms with Crippen molar-refractivity contribution in [3.05, 3.63) is 0 Å². The van der Waals surface area contributed by atoms with Crippen molar-refractivity contribution in [1.29, 1.82) is 0 Å². The molecule has 0 spiro atoms. The Hall–Kier alpha value is -0.610. The first-order valence-electron chi connectivity index (χ1n) is 6.62. The molecule has 1 N–H and O–H groups in total. The summed E-state index contributed by atoms with van der Waals surface area (Å²) < 4.78 is 5.52. The zero-order valence-corrected chi connectivity index (χ0v) is 11.1. The van der Waals surface area contributed by atoms with Crippen LogP contribution in [0.3, 0.4) is 0 Å². The van der Waals surface area contributed by atoms with E-state index in [0.29, 0.717) is 6.54 Å². The van der Waals surface area contributed by atoms with E-state index in [4.69, 9.17) is 4.74 Å². The minimum absolute atomic E-state index is 0.568. The Morgan fingerprint density at radius 1 is 1.47 bits per heavy atom. The number of carbonyl (C=O) groups is 1. The molecule has 1 atom stereocenters. The lowest BCUT2D eigenvalue weighted by molar-refractivity contribution is -0.151. The molecule has 4 heteroatoms. The van der Waals surface area contributed by atoms with E-state index in [1.807, 2.05) is 6.92 Å². The summed E-state index contributed by atoms with van der Waals surface area (Å²) >= 11 is 0. The first-order valence-corrected chi connectivity index (χ1v) is 6.62. The lowest BCUT2D eigenvalue weighted by Gasteiger charge is -2.37. The highest BCUT2D eigenvalue weighted by Gasteiger charge is 2.37. The van der Waals surface area contributed by atoms with Crippen molar-refractivity contribution in [3.63, 3.8) is 0 Å². The molecule has 17 heavy (non-hydrogen) atoms. The molecule has 1 unspecified atom stereocenters. The van der Waals surface area contributed by atoms with Gasteiger partial charge in [-0.25, -0.2) is 0 Å². The monoisotopic (exact) mass is 243 g/mol. The van der Waals surface area contributed by atoms with E-state index >= 15 is 0 Å². The number of carboxylic acid groups (broad SMARTS) is 1. The van der Waals surface area contributed by atoms with Crippen LogP contribution < -0.4 is 0 Å². The van der Waals surface area contributed by atoms with Crippen LogP contribution in [0.1, 0.15) is 39.5 Å². The molecule has 0 amide bonds. The average Bonchev–Trinajstić information content (AvgIpc) is 2.29. The number of unbranched alkanes of at least 4 members (excludes halogenated alkanes) is 1. The lowest BCUT2D eigenvalue weighted by Crippen LogP contribution is -2.46. The zero-order chi connectivity index (χ0) is 12.7. The molecule has 0 aliphatic carbocycles. The summed E-state index contributed by atoms with van der Waals surface area (Å²) in [4.78, 5) is 13.4.